The Morgan fingerprint density at radius 2 is 1.66 bits per heavy atom. The number of carbonyl (C=O) groups is 2. The van der Waals surface area contributed by atoms with Crippen molar-refractivity contribution < 1.29 is 19.8 Å². The van der Waals surface area contributed by atoms with Crippen molar-refractivity contribution in [1.82, 2.24) is 9.88 Å². The number of pyridine rings is 1. The topological polar surface area (TPSA) is 94.0 Å². The summed E-state index contributed by atoms with van der Waals surface area (Å²) < 4.78 is 0. The zero-order valence-electron chi connectivity index (χ0n) is 18.4. The van der Waals surface area contributed by atoms with Crippen molar-refractivity contribution in [2.45, 2.75) is 38.0 Å². The lowest BCUT2D eigenvalue weighted by atomic mass is 9.86. The minimum absolute atomic E-state index is 0.558. The third kappa shape index (κ3) is 7.17. The second kappa shape index (κ2) is 11.8. The molecule has 0 radical (unpaired) electrons. The molecule has 1 saturated carbocycles. The first-order valence-electron chi connectivity index (χ1n) is 11.0. The van der Waals surface area contributed by atoms with Gasteiger partial charge in [-0.2, -0.15) is 11.3 Å². The standard InChI is InChI=1S/C20H27N3S.C4H4O4/c1-22-8-10-23(11-9-22)20-14-18(17-7-12-24-15-17)13-19(21-20)16-5-3-2-4-6-16;5-3(6)1-2-4(7)8/h7,12-16H,2-6,8-11H2,1H3;1-2H,(H,5,6)(H,7,8). The number of likely N-dealkylation sites (N-methyl/N-ethyl adjacent to an activating group) is 1. The van der Waals surface area contributed by atoms with Gasteiger partial charge in [0.1, 0.15) is 5.82 Å². The van der Waals surface area contributed by atoms with Gasteiger partial charge in [-0.05, 0) is 60.0 Å². The molecule has 0 spiro atoms. The molecule has 0 aromatic carbocycles. The van der Waals surface area contributed by atoms with Gasteiger partial charge >= 0.3 is 11.9 Å². The normalized spacial score (nSPS) is 17.7. The Bertz CT molecular complexity index is 899. The van der Waals surface area contributed by atoms with Crippen LogP contribution in [0, 0.1) is 0 Å². The summed E-state index contributed by atoms with van der Waals surface area (Å²) in [6, 6.07) is 6.90. The number of carboxylic acids is 2. The molecule has 2 aromatic heterocycles. The molecule has 172 valence electrons. The highest BCUT2D eigenvalue weighted by Crippen LogP contribution is 2.35. The third-order valence-corrected chi connectivity index (χ3v) is 6.59. The first-order valence-corrected chi connectivity index (χ1v) is 12.0. The van der Waals surface area contributed by atoms with Crippen molar-refractivity contribution in [2.75, 3.05) is 38.1 Å². The van der Waals surface area contributed by atoms with Gasteiger partial charge in [0.05, 0.1) is 0 Å². The summed E-state index contributed by atoms with van der Waals surface area (Å²) in [5, 5.41) is 20.1. The number of rotatable bonds is 5. The molecule has 8 heteroatoms. The van der Waals surface area contributed by atoms with Crippen LogP contribution in [0.1, 0.15) is 43.7 Å². The highest BCUT2D eigenvalue weighted by Gasteiger charge is 2.21. The van der Waals surface area contributed by atoms with Crippen molar-refractivity contribution in [1.29, 1.82) is 0 Å². The maximum absolute atomic E-state index is 9.55. The van der Waals surface area contributed by atoms with Crippen molar-refractivity contribution in [3.63, 3.8) is 0 Å². The summed E-state index contributed by atoms with van der Waals surface area (Å²) in [6.45, 7) is 4.42. The number of hydrogen-bond acceptors (Lipinski definition) is 6. The van der Waals surface area contributed by atoms with E-state index in [9.17, 15) is 9.59 Å². The van der Waals surface area contributed by atoms with Crippen LogP contribution in [0.5, 0.6) is 0 Å². The minimum Gasteiger partial charge on any atom is -0.478 e. The van der Waals surface area contributed by atoms with E-state index >= 15 is 0 Å². The monoisotopic (exact) mass is 457 g/mol. The van der Waals surface area contributed by atoms with E-state index in [4.69, 9.17) is 15.2 Å². The predicted molar refractivity (Wildman–Crippen MR) is 127 cm³/mol. The molecule has 2 aliphatic rings. The van der Waals surface area contributed by atoms with Crippen LogP contribution in [-0.4, -0.2) is 65.3 Å². The zero-order chi connectivity index (χ0) is 22.9. The lowest BCUT2D eigenvalue weighted by molar-refractivity contribution is -0.134. The van der Waals surface area contributed by atoms with Crippen LogP contribution in [0.15, 0.2) is 41.1 Å². The van der Waals surface area contributed by atoms with E-state index in [0.29, 0.717) is 18.1 Å². The highest BCUT2D eigenvalue weighted by atomic mass is 32.1. The number of carboxylic acid groups (broad SMARTS) is 2. The Hall–Kier alpha value is -2.71. The number of thiophene rings is 1. The number of aromatic nitrogens is 1. The lowest BCUT2D eigenvalue weighted by Crippen LogP contribution is -2.44. The van der Waals surface area contributed by atoms with Crippen LogP contribution >= 0.6 is 11.3 Å². The van der Waals surface area contributed by atoms with Crippen LogP contribution in [0.2, 0.25) is 0 Å². The molecule has 1 aliphatic heterocycles. The molecule has 1 saturated heterocycles. The summed E-state index contributed by atoms with van der Waals surface area (Å²) in [6.07, 6.45) is 7.85. The van der Waals surface area contributed by atoms with Gasteiger partial charge in [0, 0.05) is 49.9 Å². The molecule has 2 aromatic rings. The van der Waals surface area contributed by atoms with Gasteiger partial charge in [0.25, 0.3) is 0 Å². The van der Waals surface area contributed by atoms with Crippen molar-refractivity contribution in [3.8, 4) is 11.1 Å². The Morgan fingerprint density at radius 1 is 1.00 bits per heavy atom. The molecule has 1 aliphatic carbocycles. The molecular formula is C24H31N3O4S. The summed E-state index contributed by atoms with van der Waals surface area (Å²) in [5.41, 5.74) is 4.02. The molecule has 2 fully saturated rings. The van der Waals surface area contributed by atoms with Crippen molar-refractivity contribution >= 4 is 29.1 Å². The van der Waals surface area contributed by atoms with Gasteiger partial charge in [0.15, 0.2) is 0 Å². The lowest BCUT2D eigenvalue weighted by Gasteiger charge is -2.34. The average Bonchev–Trinajstić information content (AvgIpc) is 3.34. The van der Waals surface area contributed by atoms with Gasteiger partial charge in [-0.15, -0.1) is 0 Å². The second-order valence-electron chi connectivity index (χ2n) is 8.29. The fourth-order valence-corrected chi connectivity index (χ4v) is 4.74. The van der Waals surface area contributed by atoms with E-state index in [1.807, 2.05) is 0 Å². The molecule has 0 bridgehead atoms. The van der Waals surface area contributed by atoms with Gasteiger partial charge < -0.3 is 20.0 Å². The zero-order valence-corrected chi connectivity index (χ0v) is 19.3. The van der Waals surface area contributed by atoms with Gasteiger partial charge in [-0.1, -0.05) is 19.3 Å². The number of aliphatic carboxylic acids is 2. The smallest absolute Gasteiger partial charge is 0.328 e. The fraction of sp³-hybridized carbons (Fsp3) is 0.458. The first-order chi connectivity index (χ1) is 15.4. The summed E-state index contributed by atoms with van der Waals surface area (Å²) in [7, 11) is 2.21. The van der Waals surface area contributed by atoms with Crippen LogP contribution in [0.4, 0.5) is 5.82 Å². The van der Waals surface area contributed by atoms with Crippen LogP contribution in [0.3, 0.4) is 0 Å². The Balaban J connectivity index is 0.000000312. The maximum atomic E-state index is 9.55. The third-order valence-electron chi connectivity index (χ3n) is 5.91. The largest absolute Gasteiger partial charge is 0.478 e. The van der Waals surface area contributed by atoms with Crippen molar-refractivity contribution in [3.05, 3.63) is 46.8 Å². The molecule has 0 unspecified atom stereocenters. The average molecular weight is 458 g/mol. The second-order valence-corrected chi connectivity index (χ2v) is 9.07. The van der Waals surface area contributed by atoms with E-state index in [-0.39, 0.29) is 0 Å². The van der Waals surface area contributed by atoms with Crippen LogP contribution in [0.25, 0.3) is 11.1 Å². The molecule has 4 rings (SSSR count). The van der Waals surface area contributed by atoms with E-state index in [1.165, 1.54) is 54.7 Å². The Morgan fingerprint density at radius 3 is 2.22 bits per heavy atom. The van der Waals surface area contributed by atoms with E-state index < -0.39 is 11.9 Å². The quantitative estimate of drug-likeness (QED) is 0.646. The number of piperazine rings is 1. The van der Waals surface area contributed by atoms with Gasteiger partial charge in [0.2, 0.25) is 0 Å². The minimum atomic E-state index is -1.26. The van der Waals surface area contributed by atoms with Crippen LogP contribution in [-0.2, 0) is 9.59 Å². The Labute approximate surface area is 193 Å². The van der Waals surface area contributed by atoms with E-state index in [1.54, 1.807) is 11.3 Å². The van der Waals surface area contributed by atoms with E-state index in [0.717, 1.165) is 26.2 Å². The molecule has 2 N–H and O–H groups in total. The maximum Gasteiger partial charge on any atom is 0.328 e. The Kier molecular flexibility index (Phi) is 8.81. The van der Waals surface area contributed by atoms with Gasteiger partial charge in [-0.3, -0.25) is 0 Å². The van der Waals surface area contributed by atoms with Crippen LogP contribution < -0.4 is 4.90 Å². The van der Waals surface area contributed by atoms with Crippen molar-refractivity contribution in [2.24, 2.45) is 0 Å². The predicted octanol–water partition coefficient (Wildman–Crippen LogP) is 4.32. The number of hydrogen-bond donors (Lipinski definition) is 2. The molecule has 0 atom stereocenters. The van der Waals surface area contributed by atoms with Gasteiger partial charge in [-0.25, -0.2) is 14.6 Å². The molecule has 0 amide bonds. The SMILES string of the molecule is CN1CCN(c2cc(-c3ccsc3)cc(C3CCCCC3)n2)CC1.O=C(O)C=CC(=O)O. The summed E-state index contributed by atoms with van der Waals surface area (Å²) in [4.78, 5) is 29.1. The number of anilines is 1. The molecule has 7 nitrogen and oxygen atoms in total. The molecule has 32 heavy (non-hydrogen) atoms. The first kappa shape index (κ1) is 23.9. The number of nitrogens with zero attached hydrogens (tertiary/aromatic N) is 3. The summed E-state index contributed by atoms with van der Waals surface area (Å²) >= 11 is 1.78. The fourth-order valence-electron chi connectivity index (χ4n) is 4.08. The molecular weight excluding hydrogens is 426 g/mol. The highest BCUT2D eigenvalue weighted by molar-refractivity contribution is 7.08. The summed E-state index contributed by atoms with van der Waals surface area (Å²) in [5.74, 6) is -0.671. The van der Waals surface area contributed by atoms with E-state index in [2.05, 4.69) is 45.8 Å². The molecule has 3 heterocycles.